The molecule has 0 aromatic rings. The third-order valence-electron chi connectivity index (χ3n) is 2.98. The lowest BCUT2D eigenvalue weighted by Gasteiger charge is -2.32. The molecule has 18 heavy (non-hydrogen) atoms. The Balaban J connectivity index is 4.23. The molecule has 0 aromatic carbocycles. The van der Waals surface area contributed by atoms with E-state index in [1.807, 2.05) is 13.8 Å². The summed E-state index contributed by atoms with van der Waals surface area (Å²) in [5.41, 5.74) is -0.505. The van der Waals surface area contributed by atoms with Gasteiger partial charge in [0.05, 0.1) is 13.2 Å². The van der Waals surface area contributed by atoms with E-state index >= 15 is 0 Å². The highest BCUT2D eigenvalue weighted by Gasteiger charge is 2.31. The number of nitrogens with one attached hydrogen (secondary N) is 1. The van der Waals surface area contributed by atoms with E-state index in [9.17, 15) is 18.3 Å². The summed E-state index contributed by atoms with van der Waals surface area (Å²) in [7, 11) is 0. The summed E-state index contributed by atoms with van der Waals surface area (Å²) in [6.07, 6.45) is -2.74. The Hall–Kier alpha value is -0.330. The smallest absolute Gasteiger partial charge is 0.394 e. The van der Waals surface area contributed by atoms with Gasteiger partial charge in [0.2, 0.25) is 0 Å². The van der Waals surface area contributed by atoms with Gasteiger partial charge < -0.3 is 10.4 Å². The number of alkyl halides is 3. The predicted molar refractivity (Wildman–Crippen MR) is 66.6 cm³/mol. The summed E-state index contributed by atoms with van der Waals surface area (Å²) < 4.78 is 36.9. The Morgan fingerprint density at radius 2 is 1.83 bits per heavy atom. The van der Waals surface area contributed by atoms with Crippen LogP contribution in [0.2, 0.25) is 0 Å². The Morgan fingerprint density at radius 3 is 2.22 bits per heavy atom. The average Bonchev–Trinajstić information content (AvgIpc) is 2.30. The maximum Gasteiger partial charge on any atom is 0.401 e. The Bertz CT molecular complexity index is 224. The fourth-order valence-electron chi connectivity index (χ4n) is 1.66. The van der Waals surface area contributed by atoms with Crippen molar-refractivity contribution in [2.24, 2.45) is 0 Å². The maximum absolute atomic E-state index is 12.3. The van der Waals surface area contributed by atoms with Gasteiger partial charge >= 0.3 is 6.18 Å². The van der Waals surface area contributed by atoms with Gasteiger partial charge in [0.25, 0.3) is 0 Å². The SMILES string of the molecule is CCCNC(C)(CO)CCN(CC)CC(F)(F)F. The van der Waals surface area contributed by atoms with Crippen LogP contribution in [-0.4, -0.2) is 54.5 Å². The zero-order valence-corrected chi connectivity index (χ0v) is 11.5. The van der Waals surface area contributed by atoms with Crippen LogP contribution in [0.5, 0.6) is 0 Å². The van der Waals surface area contributed by atoms with Gasteiger partial charge in [-0.25, -0.2) is 0 Å². The zero-order chi connectivity index (χ0) is 14.2. The lowest BCUT2D eigenvalue weighted by molar-refractivity contribution is -0.146. The van der Waals surface area contributed by atoms with Crippen molar-refractivity contribution < 1.29 is 18.3 Å². The summed E-state index contributed by atoms with van der Waals surface area (Å²) in [6, 6.07) is 0. The molecular formula is C12H25F3N2O. The highest BCUT2D eigenvalue weighted by molar-refractivity contribution is 4.83. The summed E-state index contributed by atoms with van der Waals surface area (Å²) >= 11 is 0. The fraction of sp³-hybridized carbons (Fsp3) is 1.00. The summed E-state index contributed by atoms with van der Waals surface area (Å²) in [4.78, 5) is 1.35. The van der Waals surface area contributed by atoms with E-state index in [1.165, 1.54) is 4.90 Å². The minimum Gasteiger partial charge on any atom is -0.394 e. The van der Waals surface area contributed by atoms with Gasteiger partial charge in [-0.05, 0) is 32.9 Å². The third kappa shape index (κ3) is 7.89. The van der Waals surface area contributed by atoms with Gasteiger partial charge in [-0.3, -0.25) is 4.90 Å². The van der Waals surface area contributed by atoms with Crippen molar-refractivity contribution in [3.63, 3.8) is 0 Å². The number of hydrogen-bond donors (Lipinski definition) is 2. The molecule has 0 fully saturated rings. The van der Waals surface area contributed by atoms with E-state index in [0.29, 0.717) is 19.5 Å². The van der Waals surface area contributed by atoms with E-state index in [0.717, 1.165) is 13.0 Å². The third-order valence-corrected chi connectivity index (χ3v) is 2.98. The van der Waals surface area contributed by atoms with Gasteiger partial charge in [-0.15, -0.1) is 0 Å². The normalized spacial score (nSPS) is 16.0. The van der Waals surface area contributed by atoms with E-state index in [-0.39, 0.29) is 6.61 Å². The number of halogens is 3. The predicted octanol–water partition coefficient (Wildman–Crippen LogP) is 2.01. The highest BCUT2D eigenvalue weighted by Crippen LogP contribution is 2.18. The molecule has 0 aliphatic rings. The van der Waals surface area contributed by atoms with Crippen molar-refractivity contribution in [2.45, 2.75) is 45.3 Å². The van der Waals surface area contributed by atoms with Crippen LogP contribution in [0.25, 0.3) is 0 Å². The van der Waals surface area contributed by atoms with E-state index in [2.05, 4.69) is 5.32 Å². The molecule has 0 rings (SSSR count). The highest BCUT2D eigenvalue weighted by atomic mass is 19.4. The molecule has 0 radical (unpaired) electrons. The second kappa shape index (κ2) is 7.96. The van der Waals surface area contributed by atoms with Crippen molar-refractivity contribution >= 4 is 0 Å². The van der Waals surface area contributed by atoms with E-state index in [1.54, 1.807) is 6.92 Å². The molecule has 0 spiro atoms. The van der Waals surface area contributed by atoms with Crippen LogP contribution in [0.4, 0.5) is 13.2 Å². The molecule has 0 saturated heterocycles. The number of rotatable bonds is 9. The van der Waals surface area contributed by atoms with E-state index in [4.69, 9.17) is 0 Å². The molecule has 0 aliphatic carbocycles. The molecule has 2 N–H and O–H groups in total. The second-order valence-corrected chi connectivity index (χ2v) is 4.88. The quantitative estimate of drug-likeness (QED) is 0.673. The Labute approximate surface area is 107 Å². The van der Waals surface area contributed by atoms with Crippen molar-refractivity contribution in [1.82, 2.24) is 10.2 Å². The lowest BCUT2D eigenvalue weighted by Crippen LogP contribution is -2.49. The van der Waals surface area contributed by atoms with Crippen molar-refractivity contribution in [1.29, 1.82) is 0 Å². The van der Waals surface area contributed by atoms with Crippen LogP contribution >= 0.6 is 0 Å². The number of hydrogen-bond acceptors (Lipinski definition) is 3. The first-order chi connectivity index (χ1) is 8.26. The molecule has 1 unspecified atom stereocenters. The standard InChI is InChI=1S/C12H25F3N2O/c1-4-7-16-11(3,10-18)6-8-17(5-2)9-12(13,14)15/h16,18H,4-10H2,1-3H3. The van der Waals surface area contributed by atoms with Crippen molar-refractivity contribution in [3.8, 4) is 0 Å². The minimum absolute atomic E-state index is 0.0728. The lowest BCUT2D eigenvalue weighted by atomic mass is 9.98. The summed E-state index contributed by atoms with van der Waals surface area (Å²) in [5.74, 6) is 0. The molecule has 0 aliphatic heterocycles. The first-order valence-corrected chi connectivity index (χ1v) is 6.41. The van der Waals surface area contributed by atoms with Gasteiger partial charge in [0, 0.05) is 12.1 Å². The van der Waals surface area contributed by atoms with Crippen molar-refractivity contribution in [2.75, 3.05) is 32.8 Å². The first-order valence-electron chi connectivity index (χ1n) is 6.41. The molecule has 0 amide bonds. The number of aliphatic hydroxyl groups excluding tert-OH is 1. The average molecular weight is 270 g/mol. The molecular weight excluding hydrogens is 245 g/mol. The van der Waals surface area contributed by atoms with Crippen LogP contribution in [-0.2, 0) is 0 Å². The molecule has 0 saturated carbocycles. The van der Waals surface area contributed by atoms with Gasteiger partial charge in [-0.1, -0.05) is 13.8 Å². The van der Waals surface area contributed by atoms with Gasteiger partial charge in [-0.2, -0.15) is 13.2 Å². The summed E-state index contributed by atoms with van der Waals surface area (Å²) in [6.45, 7) is 6.02. The topological polar surface area (TPSA) is 35.5 Å². The largest absolute Gasteiger partial charge is 0.401 e. The molecule has 1 atom stereocenters. The number of nitrogens with zero attached hydrogens (tertiary/aromatic N) is 1. The Kier molecular flexibility index (Phi) is 7.82. The van der Waals surface area contributed by atoms with Gasteiger partial charge in [0.1, 0.15) is 0 Å². The molecule has 0 heterocycles. The second-order valence-electron chi connectivity index (χ2n) is 4.88. The monoisotopic (exact) mass is 270 g/mol. The first kappa shape index (κ1) is 17.7. The summed E-state index contributed by atoms with van der Waals surface area (Å²) in [5, 5.41) is 12.5. The zero-order valence-electron chi connectivity index (χ0n) is 11.5. The van der Waals surface area contributed by atoms with Crippen LogP contribution in [0.15, 0.2) is 0 Å². The molecule has 6 heteroatoms. The molecule has 110 valence electrons. The molecule has 0 aromatic heterocycles. The minimum atomic E-state index is -4.16. The van der Waals surface area contributed by atoms with Crippen LogP contribution in [0.3, 0.4) is 0 Å². The van der Waals surface area contributed by atoms with E-state index < -0.39 is 18.3 Å². The molecule has 0 bridgehead atoms. The van der Waals surface area contributed by atoms with Crippen LogP contribution in [0.1, 0.15) is 33.6 Å². The Morgan fingerprint density at radius 1 is 1.22 bits per heavy atom. The van der Waals surface area contributed by atoms with Gasteiger partial charge in [0.15, 0.2) is 0 Å². The molecule has 3 nitrogen and oxygen atoms in total. The van der Waals surface area contributed by atoms with Crippen LogP contribution < -0.4 is 5.32 Å². The number of aliphatic hydroxyl groups is 1. The fourth-order valence-corrected chi connectivity index (χ4v) is 1.66. The van der Waals surface area contributed by atoms with Crippen molar-refractivity contribution in [3.05, 3.63) is 0 Å². The maximum atomic E-state index is 12.3. The van der Waals surface area contributed by atoms with Crippen LogP contribution in [0, 0.1) is 0 Å².